The topological polar surface area (TPSA) is 49.3 Å². The van der Waals surface area contributed by atoms with Crippen LogP contribution in [0.15, 0.2) is 30.3 Å². The van der Waals surface area contributed by atoms with Crippen LogP contribution in [0, 0.1) is 5.92 Å². The highest BCUT2D eigenvalue weighted by Crippen LogP contribution is 2.47. The molecule has 22 heavy (non-hydrogen) atoms. The van der Waals surface area contributed by atoms with E-state index < -0.39 is 5.60 Å². The average molecular weight is 321 g/mol. The van der Waals surface area contributed by atoms with E-state index in [1.54, 1.807) is 0 Å². The van der Waals surface area contributed by atoms with Gasteiger partial charge in [0.15, 0.2) is 0 Å². The van der Waals surface area contributed by atoms with Crippen molar-refractivity contribution < 1.29 is 9.90 Å². The van der Waals surface area contributed by atoms with E-state index in [1.165, 1.54) is 0 Å². The van der Waals surface area contributed by atoms with Gasteiger partial charge in [0.05, 0.1) is 6.42 Å². The van der Waals surface area contributed by atoms with Crippen LogP contribution in [0.25, 0.3) is 0 Å². The third-order valence-corrected chi connectivity index (χ3v) is 5.20. The molecule has 1 amide bonds. The molecule has 1 aromatic rings. The van der Waals surface area contributed by atoms with Crippen LogP contribution in [-0.2, 0) is 10.4 Å². The summed E-state index contributed by atoms with van der Waals surface area (Å²) in [7, 11) is 0. The monoisotopic (exact) mass is 321 g/mol. The summed E-state index contributed by atoms with van der Waals surface area (Å²) in [5.74, 6) is 2.33. The molecule has 1 aliphatic rings. The van der Waals surface area contributed by atoms with Crippen molar-refractivity contribution in [1.82, 2.24) is 5.32 Å². The SMILES string of the molecule is CCSCC[C@H](C)NC(=O)C[C@@](O)(c1ccccc1)C1CC1. The molecule has 1 aliphatic carbocycles. The zero-order valence-electron chi connectivity index (χ0n) is 13.5. The normalized spacial score (nSPS) is 18.5. The molecule has 4 heteroatoms. The van der Waals surface area contributed by atoms with Gasteiger partial charge in [-0.05, 0) is 49.2 Å². The molecule has 0 aromatic heterocycles. The lowest BCUT2D eigenvalue weighted by atomic mass is 9.85. The molecule has 1 aromatic carbocycles. The molecular weight excluding hydrogens is 294 g/mol. The van der Waals surface area contributed by atoms with Gasteiger partial charge in [0.1, 0.15) is 5.60 Å². The minimum Gasteiger partial charge on any atom is -0.384 e. The molecule has 0 heterocycles. The van der Waals surface area contributed by atoms with Crippen molar-refractivity contribution >= 4 is 17.7 Å². The average Bonchev–Trinajstić information content (AvgIpc) is 3.33. The number of nitrogens with one attached hydrogen (secondary N) is 1. The molecule has 2 N–H and O–H groups in total. The molecule has 2 rings (SSSR count). The van der Waals surface area contributed by atoms with E-state index in [-0.39, 0.29) is 24.3 Å². The van der Waals surface area contributed by atoms with Crippen molar-refractivity contribution in [3.8, 4) is 0 Å². The number of carbonyl (C=O) groups excluding carboxylic acids is 1. The van der Waals surface area contributed by atoms with E-state index in [0.29, 0.717) is 0 Å². The van der Waals surface area contributed by atoms with Gasteiger partial charge in [0.2, 0.25) is 5.91 Å². The molecule has 1 fully saturated rings. The van der Waals surface area contributed by atoms with Gasteiger partial charge in [0.25, 0.3) is 0 Å². The van der Waals surface area contributed by atoms with Gasteiger partial charge in [-0.3, -0.25) is 4.79 Å². The first-order chi connectivity index (χ1) is 10.6. The van der Waals surface area contributed by atoms with Crippen LogP contribution >= 0.6 is 11.8 Å². The maximum absolute atomic E-state index is 12.3. The summed E-state index contributed by atoms with van der Waals surface area (Å²) in [6.07, 6.45) is 3.13. The summed E-state index contributed by atoms with van der Waals surface area (Å²) in [5.41, 5.74) is -0.148. The lowest BCUT2D eigenvalue weighted by molar-refractivity contribution is -0.128. The molecule has 3 nitrogen and oxygen atoms in total. The summed E-state index contributed by atoms with van der Waals surface area (Å²) in [5, 5.41) is 14.1. The predicted molar refractivity (Wildman–Crippen MR) is 92.9 cm³/mol. The summed E-state index contributed by atoms with van der Waals surface area (Å²) in [6.45, 7) is 4.18. The van der Waals surface area contributed by atoms with Crippen LogP contribution < -0.4 is 5.32 Å². The summed E-state index contributed by atoms with van der Waals surface area (Å²) in [6, 6.07) is 9.78. The first-order valence-electron chi connectivity index (χ1n) is 8.21. The van der Waals surface area contributed by atoms with Crippen molar-refractivity contribution in [2.45, 2.75) is 51.2 Å². The second-order valence-electron chi connectivity index (χ2n) is 6.20. The van der Waals surface area contributed by atoms with Gasteiger partial charge in [-0.25, -0.2) is 0 Å². The first kappa shape index (κ1) is 17.4. The van der Waals surface area contributed by atoms with Crippen molar-refractivity contribution in [3.05, 3.63) is 35.9 Å². The van der Waals surface area contributed by atoms with Gasteiger partial charge in [0, 0.05) is 6.04 Å². The lowest BCUT2D eigenvalue weighted by Gasteiger charge is -2.29. The highest BCUT2D eigenvalue weighted by molar-refractivity contribution is 7.99. The van der Waals surface area contributed by atoms with Crippen LogP contribution in [0.2, 0.25) is 0 Å². The lowest BCUT2D eigenvalue weighted by Crippen LogP contribution is -2.40. The van der Waals surface area contributed by atoms with Crippen LogP contribution in [-0.4, -0.2) is 28.6 Å². The highest BCUT2D eigenvalue weighted by Gasteiger charge is 2.46. The number of hydrogen-bond donors (Lipinski definition) is 2. The third-order valence-electron chi connectivity index (χ3n) is 4.26. The minimum atomic E-state index is -1.01. The van der Waals surface area contributed by atoms with E-state index in [1.807, 2.05) is 49.0 Å². The summed E-state index contributed by atoms with van der Waals surface area (Å²) < 4.78 is 0. The molecule has 122 valence electrons. The van der Waals surface area contributed by atoms with E-state index >= 15 is 0 Å². The Labute approximate surface area is 137 Å². The Hall–Kier alpha value is -1.00. The van der Waals surface area contributed by atoms with E-state index in [4.69, 9.17) is 0 Å². The maximum Gasteiger partial charge on any atom is 0.223 e. The number of aliphatic hydroxyl groups is 1. The molecule has 0 unspecified atom stereocenters. The zero-order chi connectivity index (χ0) is 16.0. The van der Waals surface area contributed by atoms with E-state index in [9.17, 15) is 9.90 Å². The van der Waals surface area contributed by atoms with Crippen LogP contribution in [0.1, 0.15) is 45.1 Å². The van der Waals surface area contributed by atoms with E-state index in [0.717, 1.165) is 36.3 Å². The molecule has 0 bridgehead atoms. The number of rotatable bonds is 9. The fourth-order valence-corrected chi connectivity index (χ4v) is 3.63. The molecule has 0 radical (unpaired) electrons. The van der Waals surface area contributed by atoms with Crippen LogP contribution in [0.5, 0.6) is 0 Å². The number of carbonyl (C=O) groups is 1. The fraction of sp³-hybridized carbons (Fsp3) is 0.611. The van der Waals surface area contributed by atoms with Crippen LogP contribution in [0.4, 0.5) is 0 Å². The predicted octanol–water partition coefficient (Wildman–Crippen LogP) is 3.32. The Morgan fingerprint density at radius 2 is 2.09 bits per heavy atom. The fourth-order valence-electron chi connectivity index (χ4n) is 2.82. The molecule has 2 atom stereocenters. The van der Waals surface area contributed by atoms with Crippen molar-refractivity contribution in [3.63, 3.8) is 0 Å². The Kier molecular flexibility index (Phi) is 6.33. The second kappa shape index (κ2) is 8.02. The number of hydrogen-bond acceptors (Lipinski definition) is 3. The summed E-state index contributed by atoms with van der Waals surface area (Å²) in [4.78, 5) is 12.3. The highest BCUT2D eigenvalue weighted by atomic mass is 32.2. The quantitative estimate of drug-likeness (QED) is 0.686. The Morgan fingerprint density at radius 3 is 2.68 bits per heavy atom. The number of benzene rings is 1. The Bertz CT molecular complexity index is 475. The second-order valence-corrected chi connectivity index (χ2v) is 7.59. The van der Waals surface area contributed by atoms with Gasteiger partial charge in [-0.15, -0.1) is 0 Å². The standard InChI is InChI=1S/C18H27NO2S/c1-3-22-12-11-14(2)19-17(20)13-18(21,16-9-10-16)15-7-5-4-6-8-15/h4-8,14,16,21H,3,9-13H2,1-2H3,(H,19,20)/t14-,18+/m0/s1. The van der Waals surface area contributed by atoms with Gasteiger partial charge in [-0.1, -0.05) is 37.3 Å². The number of thioether (sulfide) groups is 1. The van der Waals surface area contributed by atoms with Crippen molar-refractivity contribution in [2.24, 2.45) is 5.92 Å². The largest absolute Gasteiger partial charge is 0.384 e. The molecule has 0 aliphatic heterocycles. The maximum atomic E-state index is 12.3. The van der Waals surface area contributed by atoms with E-state index in [2.05, 4.69) is 12.2 Å². The van der Waals surface area contributed by atoms with Gasteiger partial charge < -0.3 is 10.4 Å². The zero-order valence-corrected chi connectivity index (χ0v) is 14.4. The molecule has 0 saturated heterocycles. The molecule has 1 saturated carbocycles. The molecule has 0 spiro atoms. The van der Waals surface area contributed by atoms with Crippen LogP contribution in [0.3, 0.4) is 0 Å². The van der Waals surface area contributed by atoms with Gasteiger partial charge in [-0.2, -0.15) is 11.8 Å². The van der Waals surface area contributed by atoms with Crippen molar-refractivity contribution in [2.75, 3.05) is 11.5 Å². The third kappa shape index (κ3) is 4.75. The Morgan fingerprint density at radius 1 is 1.41 bits per heavy atom. The first-order valence-corrected chi connectivity index (χ1v) is 9.36. The summed E-state index contributed by atoms with van der Waals surface area (Å²) >= 11 is 1.89. The number of amides is 1. The minimum absolute atomic E-state index is 0.0488. The smallest absolute Gasteiger partial charge is 0.223 e. The van der Waals surface area contributed by atoms with Crippen molar-refractivity contribution in [1.29, 1.82) is 0 Å². The molecular formula is C18H27NO2S. The Balaban J connectivity index is 1.92. The van der Waals surface area contributed by atoms with Gasteiger partial charge >= 0.3 is 0 Å².